The zero-order valence-electron chi connectivity index (χ0n) is 11.5. The van der Waals surface area contributed by atoms with Gasteiger partial charge in [0.25, 0.3) is 5.91 Å². The smallest absolute Gasteiger partial charge is 0.253 e. The van der Waals surface area contributed by atoms with Crippen LogP contribution in [0.25, 0.3) is 0 Å². The molecule has 0 radical (unpaired) electrons. The van der Waals surface area contributed by atoms with Crippen LogP contribution in [0.2, 0.25) is 0 Å². The molecule has 0 saturated heterocycles. The van der Waals surface area contributed by atoms with Gasteiger partial charge in [0.1, 0.15) is 0 Å². The Morgan fingerprint density at radius 2 is 2.25 bits per heavy atom. The second kappa shape index (κ2) is 6.09. The number of carbonyl (C=O) groups excluding carboxylic acids is 1. The van der Waals surface area contributed by atoms with Gasteiger partial charge in [-0.25, -0.2) is 0 Å². The van der Waals surface area contributed by atoms with Crippen molar-refractivity contribution in [2.24, 2.45) is 7.05 Å². The molecular weight excluding hydrogens is 320 g/mol. The highest BCUT2D eigenvalue weighted by Gasteiger charge is 2.12. The number of carbonyl (C=O) groups is 1. The van der Waals surface area contributed by atoms with Crippen LogP contribution >= 0.6 is 15.9 Å². The second-order valence-corrected chi connectivity index (χ2v) is 5.46. The number of nitrogen functional groups attached to an aromatic ring is 1. The Morgan fingerprint density at radius 1 is 1.50 bits per heavy atom. The summed E-state index contributed by atoms with van der Waals surface area (Å²) in [6.07, 6.45) is 2.76. The summed E-state index contributed by atoms with van der Waals surface area (Å²) in [6, 6.07) is 5.23. The summed E-state index contributed by atoms with van der Waals surface area (Å²) in [5.74, 6) is -0.185. The van der Waals surface area contributed by atoms with Gasteiger partial charge >= 0.3 is 0 Å². The van der Waals surface area contributed by atoms with Crippen LogP contribution in [-0.4, -0.2) is 15.7 Å². The average Bonchev–Trinajstić information content (AvgIpc) is 2.79. The molecule has 3 N–H and O–H groups in total. The number of benzene rings is 1. The number of aryl methyl sites for hydroxylation is 2. The van der Waals surface area contributed by atoms with E-state index in [2.05, 4.69) is 26.3 Å². The van der Waals surface area contributed by atoms with Crippen LogP contribution in [0.4, 0.5) is 5.69 Å². The number of nitrogens with one attached hydrogen (secondary N) is 1. The molecular formula is C14H17BrN4O. The lowest BCUT2D eigenvalue weighted by atomic mass is 10.1. The fraction of sp³-hybridized carbons (Fsp3) is 0.286. The summed E-state index contributed by atoms with van der Waals surface area (Å²) in [7, 11) is 1.87. The molecule has 0 aliphatic carbocycles. The van der Waals surface area contributed by atoms with E-state index in [0.29, 0.717) is 17.8 Å². The highest BCUT2D eigenvalue weighted by molar-refractivity contribution is 9.10. The first kappa shape index (κ1) is 14.6. The summed E-state index contributed by atoms with van der Waals surface area (Å²) in [6.45, 7) is 2.49. The molecule has 2 aromatic rings. The van der Waals surface area contributed by atoms with Crippen LogP contribution in [0.1, 0.15) is 28.5 Å². The van der Waals surface area contributed by atoms with Gasteiger partial charge in [-0.2, -0.15) is 5.10 Å². The Morgan fingerprint density at radius 3 is 2.95 bits per heavy atom. The van der Waals surface area contributed by atoms with E-state index in [9.17, 15) is 4.79 Å². The molecule has 0 fully saturated rings. The third-order valence-corrected chi connectivity index (χ3v) is 3.52. The summed E-state index contributed by atoms with van der Waals surface area (Å²) in [5.41, 5.74) is 8.78. The van der Waals surface area contributed by atoms with Crippen LogP contribution in [0.5, 0.6) is 0 Å². The Hall–Kier alpha value is -1.82. The molecule has 0 saturated carbocycles. The van der Waals surface area contributed by atoms with Crippen LogP contribution in [0, 0.1) is 0 Å². The number of halogens is 1. The summed E-state index contributed by atoms with van der Waals surface area (Å²) in [4.78, 5) is 12.2. The Labute approximate surface area is 126 Å². The largest absolute Gasteiger partial charge is 0.398 e. The van der Waals surface area contributed by atoms with Crippen LogP contribution in [-0.2, 0) is 20.0 Å². The van der Waals surface area contributed by atoms with Crippen molar-refractivity contribution in [2.75, 3.05) is 5.73 Å². The second-order valence-electron chi connectivity index (χ2n) is 4.54. The van der Waals surface area contributed by atoms with Crippen molar-refractivity contribution in [3.8, 4) is 0 Å². The van der Waals surface area contributed by atoms with Crippen molar-refractivity contribution in [3.63, 3.8) is 0 Å². The van der Waals surface area contributed by atoms with Crippen molar-refractivity contribution < 1.29 is 4.79 Å². The number of amides is 1. The lowest BCUT2D eigenvalue weighted by molar-refractivity contribution is 0.0951. The molecule has 0 aliphatic heterocycles. The highest BCUT2D eigenvalue weighted by Crippen LogP contribution is 2.18. The molecule has 20 heavy (non-hydrogen) atoms. The van der Waals surface area contributed by atoms with E-state index in [1.807, 2.05) is 26.2 Å². The maximum absolute atomic E-state index is 12.2. The minimum Gasteiger partial charge on any atom is -0.398 e. The molecule has 0 atom stereocenters. The van der Waals surface area contributed by atoms with Gasteiger partial charge < -0.3 is 11.1 Å². The van der Waals surface area contributed by atoms with Gasteiger partial charge in [-0.1, -0.05) is 22.9 Å². The number of anilines is 1. The van der Waals surface area contributed by atoms with Crippen LogP contribution < -0.4 is 11.1 Å². The monoisotopic (exact) mass is 336 g/mol. The van der Waals surface area contributed by atoms with Gasteiger partial charge in [-0.05, 0) is 24.6 Å². The number of hydrogen-bond donors (Lipinski definition) is 2. The van der Waals surface area contributed by atoms with E-state index >= 15 is 0 Å². The quantitative estimate of drug-likeness (QED) is 0.841. The van der Waals surface area contributed by atoms with Crippen molar-refractivity contribution in [1.29, 1.82) is 0 Å². The van der Waals surface area contributed by atoms with Gasteiger partial charge in [0, 0.05) is 35.5 Å². The number of nitrogens with two attached hydrogens (primary N) is 1. The third kappa shape index (κ3) is 3.19. The van der Waals surface area contributed by atoms with E-state index in [1.165, 1.54) is 0 Å². The zero-order valence-corrected chi connectivity index (χ0v) is 13.1. The molecule has 1 aromatic heterocycles. The molecule has 5 nitrogen and oxygen atoms in total. The minimum atomic E-state index is -0.185. The molecule has 106 valence electrons. The fourth-order valence-electron chi connectivity index (χ4n) is 2.02. The first-order chi connectivity index (χ1) is 9.51. The first-order valence-corrected chi connectivity index (χ1v) is 7.15. The van der Waals surface area contributed by atoms with E-state index in [4.69, 9.17) is 5.73 Å². The topological polar surface area (TPSA) is 72.9 Å². The van der Waals surface area contributed by atoms with Crippen LogP contribution in [0.15, 0.2) is 28.9 Å². The predicted octanol–water partition coefficient (Wildman–Crippen LogP) is 2.26. The van der Waals surface area contributed by atoms with Gasteiger partial charge in [0.15, 0.2) is 0 Å². The number of hydrogen-bond acceptors (Lipinski definition) is 3. The van der Waals surface area contributed by atoms with E-state index < -0.39 is 0 Å². The summed E-state index contributed by atoms with van der Waals surface area (Å²) < 4.78 is 2.58. The van der Waals surface area contributed by atoms with E-state index in [1.54, 1.807) is 16.8 Å². The first-order valence-electron chi connectivity index (χ1n) is 6.36. The van der Waals surface area contributed by atoms with Gasteiger partial charge in [-0.3, -0.25) is 9.48 Å². The van der Waals surface area contributed by atoms with Crippen LogP contribution in [0.3, 0.4) is 0 Å². The van der Waals surface area contributed by atoms with Gasteiger partial charge in [0.05, 0.1) is 11.3 Å². The zero-order chi connectivity index (χ0) is 14.7. The van der Waals surface area contributed by atoms with Gasteiger partial charge in [0.2, 0.25) is 0 Å². The summed E-state index contributed by atoms with van der Waals surface area (Å²) >= 11 is 3.34. The summed E-state index contributed by atoms with van der Waals surface area (Å²) in [5, 5.41) is 7.22. The Kier molecular flexibility index (Phi) is 4.44. The molecule has 0 unspecified atom stereocenters. The average molecular weight is 337 g/mol. The molecule has 1 amide bonds. The number of nitrogens with zero attached hydrogens (tertiary/aromatic N) is 2. The van der Waals surface area contributed by atoms with Gasteiger partial charge in [-0.15, -0.1) is 0 Å². The van der Waals surface area contributed by atoms with Crippen molar-refractivity contribution in [1.82, 2.24) is 15.1 Å². The normalized spacial score (nSPS) is 10.6. The highest BCUT2D eigenvalue weighted by atomic mass is 79.9. The van der Waals surface area contributed by atoms with E-state index in [-0.39, 0.29) is 5.91 Å². The molecule has 1 aromatic carbocycles. The molecule has 0 spiro atoms. The minimum absolute atomic E-state index is 0.185. The molecule has 0 bridgehead atoms. The lowest BCUT2D eigenvalue weighted by Crippen LogP contribution is -2.24. The Balaban J connectivity index is 2.10. The third-order valence-electron chi connectivity index (χ3n) is 3.03. The molecule has 6 heteroatoms. The Bertz CT molecular complexity index is 636. The number of rotatable bonds is 4. The number of aromatic nitrogens is 2. The van der Waals surface area contributed by atoms with E-state index in [0.717, 1.165) is 22.2 Å². The molecule has 0 aliphatic rings. The fourth-order valence-corrected chi connectivity index (χ4v) is 2.39. The molecule has 1 heterocycles. The SMILES string of the molecule is CCc1nn(C)cc1CNC(=O)c1cc(Br)ccc1N. The van der Waals surface area contributed by atoms with Crippen molar-refractivity contribution in [3.05, 3.63) is 45.7 Å². The predicted molar refractivity (Wildman–Crippen MR) is 82.3 cm³/mol. The lowest BCUT2D eigenvalue weighted by Gasteiger charge is -2.08. The van der Waals surface area contributed by atoms with Crippen molar-refractivity contribution >= 4 is 27.5 Å². The standard InChI is InChI=1S/C14H17BrN4O/c1-3-13-9(8-19(2)18-13)7-17-14(20)11-6-10(15)4-5-12(11)16/h4-6,8H,3,7,16H2,1-2H3,(H,17,20). The maximum Gasteiger partial charge on any atom is 0.253 e. The maximum atomic E-state index is 12.2. The van der Waals surface area contributed by atoms with Crippen molar-refractivity contribution in [2.45, 2.75) is 19.9 Å². The molecule has 2 rings (SSSR count).